The van der Waals surface area contributed by atoms with E-state index in [4.69, 9.17) is 5.73 Å². The van der Waals surface area contributed by atoms with Crippen LogP contribution < -0.4 is 11.1 Å². The van der Waals surface area contributed by atoms with Gasteiger partial charge in [-0.05, 0) is 18.4 Å². The van der Waals surface area contributed by atoms with Crippen LogP contribution in [0.5, 0.6) is 0 Å². The van der Waals surface area contributed by atoms with Gasteiger partial charge in [0.05, 0.1) is 0 Å². The average Bonchev–Trinajstić information content (AvgIpc) is 2.90. The van der Waals surface area contributed by atoms with Crippen molar-refractivity contribution < 1.29 is 4.79 Å². The Bertz CT molecular complexity index is 724. The molecule has 2 aliphatic rings. The number of nitrogens with zero attached hydrogens (tertiary/aromatic N) is 6. The minimum Gasteiger partial charge on any atom is -0.368 e. The summed E-state index contributed by atoms with van der Waals surface area (Å²) >= 11 is 0. The topological polar surface area (TPSA) is 123 Å². The molecule has 0 spiro atoms. The number of hydrogen-bond donors (Lipinski definition) is 2. The standard InChI is InChI=1S/C14H16N8O/c15-13-18-7-19-14(21-13)20-10-4-8-5-22(6-9(8)10)12(23)11-16-2-1-3-17-11/h1-3,7-10H,4-6H2,(H3,15,18,19,20,21). The molecule has 3 atom stereocenters. The van der Waals surface area contributed by atoms with Gasteiger partial charge >= 0.3 is 0 Å². The third-order valence-corrected chi connectivity index (χ3v) is 4.51. The van der Waals surface area contributed by atoms with Gasteiger partial charge in [-0.2, -0.15) is 4.98 Å². The number of anilines is 2. The molecule has 1 amide bonds. The lowest BCUT2D eigenvalue weighted by Gasteiger charge is -2.39. The molecule has 3 unspecified atom stereocenters. The minimum absolute atomic E-state index is 0.108. The Labute approximate surface area is 132 Å². The van der Waals surface area contributed by atoms with Gasteiger partial charge in [0.1, 0.15) is 6.33 Å². The first-order valence-electron chi connectivity index (χ1n) is 7.48. The van der Waals surface area contributed by atoms with Gasteiger partial charge < -0.3 is 16.0 Å². The molecule has 1 aliphatic heterocycles. The number of fused-ring (bicyclic) bond motifs is 1. The first-order valence-corrected chi connectivity index (χ1v) is 7.48. The highest BCUT2D eigenvalue weighted by Gasteiger charge is 2.48. The molecule has 23 heavy (non-hydrogen) atoms. The second-order valence-electron chi connectivity index (χ2n) is 5.86. The Hall–Kier alpha value is -2.84. The van der Waals surface area contributed by atoms with Gasteiger partial charge in [0, 0.05) is 37.4 Å². The van der Waals surface area contributed by atoms with E-state index in [1.54, 1.807) is 18.5 Å². The van der Waals surface area contributed by atoms with Crippen LogP contribution in [-0.4, -0.2) is 54.9 Å². The van der Waals surface area contributed by atoms with E-state index in [2.05, 4.69) is 30.2 Å². The molecule has 3 N–H and O–H groups in total. The first kappa shape index (κ1) is 13.8. The third kappa shape index (κ3) is 2.54. The Morgan fingerprint density at radius 2 is 2.04 bits per heavy atom. The van der Waals surface area contributed by atoms with Crippen molar-refractivity contribution in [2.45, 2.75) is 12.5 Å². The van der Waals surface area contributed by atoms with E-state index in [1.165, 1.54) is 6.33 Å². The molecule has 0 radical (unpaired) electrons. The number of rotatable bonds is 3. The summed E-state index contributed by atoms with van der Waals surface area (Å²) in [5.41, 5.74) is 5.56. The fraction of sp³-hybridized carbons (Fsp3) is 0.429. The van der Waals surface area contributed by atoms with Crippen molar-refractivity contribution in [3.8, 4) is 0 Å². The van der Waals surface area contributed by atoms with Crippen LogP contribution >= 0.6 is 0 Å². The maximum Gasteiger partial charge on any atom is 0.291 e. The van der Waals surface area contributed by atoms with Crippen molar-refractivity contribution in [2.24, 2.45) is 11.8 Å². The highest BCUT2D eigenvalue weighted by atomic mass is 16.2. The maximum absolute atomic E-state index is 12.4. The molecular weight excluding hydrogens is 296 g/mol. The zero-order valence-electron chi connectivity index (χ0n) is 12.3. The van der Waals surface area contributed by atoms with E-state index >= 15 is 0 Å². The molecule has 3 heterocycles. The lowest BCUT2D eigenvalue weighted by atomic mass is 9.71. The summed E-state index contributed by atoms with van der Waals surface area (Å²) in [6, 6.07) is 1.95. The molecule has 2 fully saturated rings. The molecule has 4 rings (SSSR count). The molecule has 118 valence electrons. The van der Waals surface area contributed by atoms with Crippen LogP contribution in [0.25, 0.3) is 0 Å². The number of carbonyl (C=O) groups excluding carboxylic acids is 1. The van der Waals surface area contributed by atoms with Gasteiger partial charge in [-0.25, -0.2) is 19.9 Å². The van der Waals surface area contributed by atoms with Gasteiger partial charge in [0.2, 0.25) is 17.7 Å². The predicted molar refractivity (Wildman–Crippen MR) is 81.2 cm³/mol. The number of carbonyl (C=O) groups is 1. The van der Waals surface area contributed by atoms with Crippen LogP contribution in [0.3, 0.4) is 0 Å². The van der Waals surface area contributed by atoms with Crippen LogP contribution in [0, 0.1) is 11.8 Å². The van der Waals surface area contributed by atoms with Crippen LogP contribution in [0.15, 0.2) is 24.8 Å². The summed E-state index contributed by atoms with van der Waals surface area (Å²) in [6.07, 6.45) is 5.54. The van der Waals surface area contributed by atoms with Gasteiger partial charge in [-0.15, -0.1) is 0 Å². The minimum atomic E-state index is -0.108. The van der Waals surface area contributed by atoms with Crippen LogP contribution in [-0.2, 0) is 0 Å². The van der Waals surface area contributed by atoms with Gasteiger partial charge in [-0.3, -0.25) is 4.79 Å². The van der Waals surface area contributed by atoms with E-state index in [0.717, 1.165) is 13.0 Å². The number of amides is 1. The van der Waals surface area contributed by atoms with E-state index in [0.29, 0.717) is 24.3 Å². The number of likely N-dealkylation sites (tertiary alicyclic amines) is 1. The van der Waals surface area contributed by atoms with Crippen molar-refractivity contribution in [1.82, 2.24) is 29.8 Å². The van der Waals surface area contributed by atoms with E-state index < -0.39 is 0 Å². The molecule has 1 aliphatic carbocycles. The second-order valence-corrected chi connectivity index (χ2v) is 5.86. The fourth-order valence-electron chi connectivity index (χ4n) is 3.33. The monoisotopic (exact) mass is 312 g/mol. The average molecular weight is 312 g/mol. The molecule has 0 bridgehead atoms. The molecular formula is C14H16N8O. The number of aromatic nitrogens is 5. The largest absolute Gasteiger partial charge is 0.368 e. The number of nitrogens with two attached hydrogens (primary N) is 1. The third-order valence-electron chi connectivity index (χ3n) is 4.51. The lowest BCUT2D eigenvalue weighted by molar-refractivity contribution is 0.0775. The van der Waals surface area contributed by atoms with Crippen molar-refractivity contribution >= 4 is 17.8 Å². The molecule has 2 aromatic heterocycles. The zero-order chi connectivity index (χ0) is 15.8. The summed E-state index contributed by atoms with van der Waals surface area (Å²) in [6.45, 7) is 1.44. The number of hydrogen-bond acceptors (Lipinski definition) is 8. The van der Waals surface area contributed by atoms with Crippen molar-refractivity contribution in [1.29, 1.82) is 0 Å². The Balaban J connectivity index is 1.40. The number of nitrogen functional groups attached to an aromatic ring is 1. The smallest absolute Gasteiger partial charge is 0.291 e. The van der Waals surface area contributed by atoms with Crippen molar-refractivity contribution in [3.63, 3.8) is 0 Å². The summed E-state index contributed by atoms with van der Waals surface area (Å²) < 4.78 is 0. The molecule has 1 saturated carbocycles. The molecule has 0 aromatic carbocycles. The van der Waals surface area contributed by atoms with Crippen LogP contribution in [0.2, 0.25) is 0 Å². The van der Waals surface area contributed by atoms with Gasteiger partial charge in [0.15, 0.2) is 0 Å². The van der Waals surface area contributed by atoms with Crippen LogP contribution in [0.4, 0.5) is 11.9 Å². The second kappa shape index (κ2) is 5.41. The SMILES string of the molecule is Nc1ncnc(NC2CC3CN(C(=O)c4ncccn4)CC32)n1. The Kier molecular flexibility index (Phi) is 3.25. The van der Waals surface area contributed by atoms with Gasteiger partial charge in [0.25, 0.3) is 5.91 Å². The zero-order valence-corrected chi connectivity index (χ0v) is 12.3. The fourth-order valence-corrected chi connectivity index (χ4v) is 3.33. The van der Waals surface area contributed by atoms with E-state index in [1.807, 2.05) is 4.90 Å². The summed E-state index contributed by atoms with van der Waals surface area (Å²) in [4.78, 5) is 34.2. The highest BCUT2D eigenvalue weighted by Crippen LogP contribution is 2.42. The van der Waals surface area contributed by atoms with Crippen molar-refractivity contribution in [2.75, 3.05) is 24.1 Å². The summed E-state index contributed by atoms with van der Waals surface area (Å²) in [7, 11) is 0. The predicted octanol–water partition coefficient (Wildman–Crippen LogP) is -0.184. The summed E-state index contributed by atoms with van der Waals surface area (Å²) in [5, 5.41) is 3.28. The highest BCUT2D eigenvalue weighted by molar-refractivity contribution is 5.90. The Morgan fingerprint density at radius 1 is 1.22 bits per heavy atom. The molecule has 1 saturated heterocycles. The number of nitrogens with one attached hydrogen (secondary N) is 1. The molecule has 2 aromatic rings. The molecule has 9 heteroatoms. The van der Waals surface area contributed by atoms with E-state index in [-0.39, 0.29) is 23.7 Å². The summed E-state index contributed by atoms with van der Waals surface area (Å²) in [5.74, 6) is 1.71. The normalized spacial score (nSPS) is 25.6. The quantitative estimate of drug-likeness (QED) is 0.800. The maximum atomic E-state index is 12.4. The molecule has 9 nitrogen and oxygen atoms in total. The van der Waals surface area contributed by atoms with Crippen molar-refractivity contribution in [3.05, 3.63) is 30.6 Å². The van der Waals surface area contributed by atoms with Crippen LogP contribution in [0.1, 0.15) is 17.0 Å². The first-order chi connectivity index (χ1) is 11.2. The van der Waals surface area contributed by atoms with E-state index in [9.17, 15) is 4.79 Å². The van der Waals surface area contributed by atoms with Gasteiger partial charge in [-0.1, -0.05) is 0 Å². The Morgan fingerprint density at radius 3 is 2.83 bits per heavy atom. The lowest BCUT2D eigenvalue weighted by Crippen LogP contribution is -2.46.